The van der Waals surface area contributed by atoms with E-state index in [4.69, 9.17) is 0 Å². The Hall–Kier alpha value is -2.37. The average molecular weight is 272 g/mol. The van der Waals surface area contributed by atoms with Crippen molar-refractivity contribution in [3.05, 3.63) is 36.2 Å². The van der Waals surface area contributed by atoms with E-state index in [9.17, 15) is 9.90 Å². The van der Waals surface area contributed by atoms with Crippen molar-refractivity contribution in [2.24, 2.45) is 0 Å². The van der Waals surface area contributed by atoms with Gasteiger partial charge in [-0.15, -0.1) is 5.10 Å². The van der Waals surface area contributed by atoms with Crippen molar-refractivity contribution in [3.63, 3.8) is 0 Å². The number of hydrogen-bond donors (Lipinski definition) is 1. The van der Waals surface area contributed by atoms with E-state index < -0.39 is 0 Å². The molecule has 0 aliphatic carbocycles. The minimum atomic E-state index is 0.00273. The van der Waals surface area contributed by atoms with E-state index in [1.54, 1.807) is 28.0 Å². The summed E-state index contributed by atoms with van der Waals surface area (Å²) in [5.41, 5.74) is 1.70. The fraction of sp³-hybridized carbons (Fsp3) is 0.357. The van der Waals surface area contributed by atoms with Crippen LogP contribution >= 0.6 is 0 Å². The van der Waals surface area contributed by atoms with Gasteiger partial charge in [0.15, 0.2) is 0 Å². The van der Waals surface area contributed by atoms with E-state index in [0.29, 0.717) is 25.2 Å². The third kappa shape index (κ3) is 2.36. The first-order chi connectivity index (χ1) is 9.75. The molecule has 0 fully saturated rings. The summed E-state index contributed by atoms with van der Waals surface area (Å²) < 4.78 is 1.63. The van der Waals surface area contributed by atoms with Crippen LogP contribution in [0.15, 0.2) is 30.6 Å². The predicted octanol–water partition coefficient (Wildman–Crippen LogP) is 1.35. The molecular formula is C14H16N4O2. The number of rotatable bonds is 3. The van der Waals surface area contributed by atoms with Crippen LogP contribution < -0.4 is 4.90 Å². The number of amides is 1. The van der Waals surface area contributed by atoms with Gasteiger partial charge in [-0.1, -0.05) is 17.3 Å². The van der Waals surface area contributed by atoms with Crippen molar-refractivity contribution in [1.29, 1.82) is 0 Å². The number of carbonyl (C=O) groups excluding carboxylic acids is 1. The number of fused-ring (bicyclic) bond motifs is 1. The second-order valence-corrected chi connectivity index (χ2v) is 4.85. The number of anilines is 1. The zero-order valence-corrected chi connectivity index (χ0v) is 11.1. The van der Waals surface area contributed by atoms with Gasteiger partial charge in [-0.2, -0.15) is 0 Å². The highest BCUT2D eigenvalue weighted by molar-refractivity contribution is 5.96. The Morgan fingerprint density at radius 2 is 2.30 bits per heavy atom. The molecule has 1 N–H and O–H groups in total. The lowest BCUT2D eigenvalue weighted by atomic mass is 10.0. The summed E-state index contributed by atoms with van der Waals surface area (Å²) in [6, 6.07) is 5.41. The number of benzene rings is 1. The van der Waals surface area contributed by atoms with Crippen LogP contribution in [0.5, 0.6) is 5.75 Å². The maximum absolute atomic E-state index is 12.4. The van der Waals surface area contributed by atoms with Crippen LogP contribution in [0.3, 0.4) is 0 Å². The lowest BCUT2D eigenvalue weighted by Gasteiger charge is -2.30. The quantitative estimate of drug-likeness (QED) is 0.915. The van der Waals surface area contributed by atoms with Gasteiger partial charge in [-0.25, -0.2) is 0 Å². The summed E-state index contributed by atoms with van der Waals surface area (Å²) in [5.74, 6) is 0.180. The Bertz CT molecular complexity index is 610. The molecule has 0 unspecified atom stereocenters. The molecule has 1 amide bonds. The Labute approximate surface area is 116 Å². The Morgan fingerprint density at radius 1 is 1.40 bits per heavy atom. The van der Waals surface area contributed by atoms with Crippen molar-refractivity contribution in [2.45, 2.75) is 25.8 Å². The van der Waals surface area contributed by atoms with E-state index in [0.717, 1.165) is 18.4 Å². The molecule has 104 valence electrons. The number of hydrogen-bond acceptors (Lipinski definition) is 4. The minimum absolute atomic E-state index is 0.00273. The first kappa shape index (κ1) is 12.7. The van der Waals surface area contributed by atoms with Gasteiger partial charge < -0.3 is 10.0 Å². The fourth-order valence-corrected chi connectivity index (χ4v) is 2.58. The number of aryl methyl sites for hydroxylation is 2. The van der Waals surface area contributed by atoms with Crippen LogP contribution in [-0.4, -0.2) is 32.6 Å². The van der Waals surface area contributed by atoms with Crippen molar-refractivity contribution < 1.29 is 9.90 Å². The maximum Gasteiger partial charge on any atom is 0.228 e. The molecule has 1 aromatic heterocycles. The zero-order valence-electron chi connectivity index (χ0n) is 11.1. The van der Waals surface area contributed by atoms with Crippen molar-refractivity contribution in [2.75, 3.05) is 11.4 Å². The van der Waals surface area contributed by atoms with E-state index >= 15 is 0 Å². The highest BCUT2D eigenvalue weighted by Crippen LogP contribution is 2.35. The molecule has 20 heavy (non-hydrogen) atoms. The molecule has 0 atom stereocenters. The summed E-state index contributed by atoms with van der Waals surface area (Å²) in [4.78, 5) is 14.0. The van der Waals surface area contributed by atoms with E-state index in [1.807, 2.05) is 12.1 Å². The summed E-state index contributed by atoms with van der Waals surface area (Å²) in [5, 5.41) is 17.6. The zero-order chi connectivity index (χ0) is 13.9. The first-order valence-electron chi connectivity index (χ1n) is 6.71. The topological polar surface area (TPSA) is 71.2 Å². The van der Waals surface area contributed by atoms with Crippen LogP contribution in [0.25, 0.3) is 0 Å². The molecular weight excluding hydrogens is 256 g/mol. The molecule has 1 aromatic carbocycles. The second kappa shape index (κ2) is 5.32. The number of aromatic hydroxyl groups is 1. The maximum atomic E-state index is 12.4. The van der Waals surface area contributed by atoms with Crippen molar-refractivity contribution in [1.82, 2.24) is 15.0 Å². The molecule has 1 aliphatic rings. The van der Waals surface area contributed by atoms with Crippen LogP contribution in [0.4, 0.5) is 5.69 Å². The molecule has 2 heterocycles. The summed E-state index contributed by atoms with van der Waals surface area (Å²) >= 11 is 0. The Kier molecular flexibility index (Phi) is 3.37. The van der Waals surface area contributed by atoms with Crippen molar-refractivity contribution >= 4 is 11.6 Å². The van der Waals surface area contributed by atoms with E-state index in [-0.39, 0.29) is 11.7 Å². The third-order valence-electron chi connectivity index (χ3n) is 3.52. The standard InChI is InChI=1S/C14H16N4O2/c19-12-5-1-3-11-4-2-8-18(14(11)12)13(20)6-9-17-10-7-15-16-17/h1,3,5,7,10,19H,2,4,6,8-9H2. The summed E-state index contributed by atoms with van der Waals surface area (Å²) in [7, 11) is 0. The second-order valence-electron chi connectivity index (χ2n) is 4.85. The highest BCUT2D eigenvalue weighted by Gasteiger charge is 2.24. The van der Waals surface area contributed by atoms with Gasteiger partial charge in [0.05, 0.1) is 18.4 Å². The van der Waals surface area contributed by atoms with Gasteiger partial charge in [-0.05, 0) is 24.5 Å². The monoisotopic (exact) mass is 272 g/mol. The van der Waals surface area contributed by atoms with E-state index in [1.165, 1.54) is 0 Å². The van der Waals surface area contributed by atoms with Gasteiger partial charge in [0.25, 0.3) is 0 Å². The van der Waals surface area contributed by atoms with Gasteiger partial charge in [0, 0.05) is 19.2 Å². The third-order valence-corrected chi connectivity index (χ3v) is 3.52. The largest absolute Gasteiger partial charge is 0.506 e. The summed E-state index contributed by atoms with van der Waals surface area (Å²) in [6.07, 6.45) is 5.49. The van der Waals surface area contributed by atoms with Crippen LogP contribution in [0, 0.1) is 0 Å². The number of aromatic nitrogens is 3. The normalized spacial score (nSPS) is 14.1. The van der Waals surface area contributed by atoms with Gasteiger partial charge in [0.2, 0.25) is 5.91 Å². The number of phenolic OH excluding ortho intramolecular Hbond substituents is 1. The molecule has 2 aromatic rings. The van der Waals surface area contributed by atoms with Crippen LogP contribution in [0.1, 0.15) is 18.4 Å². The van der Waals surface area contributed by atoms with Crippen LogP contribution in [-0.2, 0) is 17.8 Å². The number of phenols is 1. The molecule has 0 radical (unpaired) electrons. The molecule has 0 spiro atoms. The average Bonchev–Trinajstić information content (AvgIpc) is 2.98. The number of para-hydroxylation sites is 1. The van der Waals surface area contributed by atoms with E-state index in [2.05, 4.69) is 10.3 Å². The van der Waals surface area contributed by atoms with Gasteiger partial charge in [0.1, 0.15) is 5.75 Å². The first-order valence-corrected chi connectivity index (χ1v) is 6.71. The lowest BCUT2D eigenvalue weighted by molar-refractivity contribution is -0.119. The van der Waals surface area contributed by atoms with Crippen molar-refractivity contribution in [3.8, 4) is 5.75 Å². The predicted molar refractivity (Wildman–Crippen MR) is 73.4 cm³/mol. The van der Waals surface area contributed by atoms with Gasteiger partial charge >= 0.3 is 0 Å². The lowest BCUT2D eigenvalue weighted by Crippen LogP contribution is -2.36. The molecule has 1 aliphatic heterocycles. The Morgan fingerprint density at radius 3 is 3.10 bits per heavy atom. The van der Waals surface area contributed by atoms with Gasteiger partial charge in [-0.3, -0.25) is 9.48 Å². The SMILES string of the molecule is O=C(CCn1ccnn1)N1CCCc2cccc(O)c21. The van der Waals surface area contributed by atoms with Crippen LogP contribution in [0.2, 0.25) is 0 Å². The molecule has 0 bridgehead atoms. The molecule has 6 heteroatoms. The Balaban J connectivity index is 1.76. The summed E-state index contributed by atoms with van der Waals surface area (Å²) in [6.45, 7) is 1.15. The number of nitrogens with zero attached hydrogens (tertiary/aromatic N) is 4. The molecule has 3 rings (SSSR count). The highest BCUT2D eigenvalue weighted by atomic mass is 16.3. The molecule has 0 saturated carbocycles. The minimum Gasteiger partial charge on any atom is -0.506 e. The smallest absolute Gasteiger partial charge is 0.228 e. The molecule has 0 saturated heterocycles. The molecule has 6 nitrogen and oxygen atoms in total. The number of carbonyl (C=O) groups is 1. The fourth-order valence-electron chi connectivity index (χ4n) is 2.58.